The van der Waals surface area contributed by atoms with Gasteiger partial charge in [-0.2, -0.15) is 13.2 Å². The monoisotopic (exact) mass is 200 g/mol. The predicted octanol–water partition coefficient (Wildman–Crippen LogP) is 0.655. The van der Waals surface area contributed by atoms with Crippen LogP contribution >= 0.6 is 0 Å². The van der Waals surface area contributed by atoms with E-state index < -0.39 is 24.7 Å². The summed E-state index contributed by atoms with van der Waals surface area (Å²) in [5.41, 5.74) is 0. The number of alkyl halides is 3. The van der Waals surface area contributed by atoms with Crippen molar-refractivity contribution in [3.05, 3.63) is 0 Å². The van der Waals surface area contributed by atoms with E-state index in [2.05, 4.69) is 9.47 Å². The van der Waals surface area contributed by atoms with Crippen molar-refractivity contribution in [1.82, 2.24) is 0 Å². The highest BCUT2D eigenvalue weighted by atomic mass is 19.4. The molecule has 0 aromatic heterocycles. The molecule has 0 saturated heterocycles. The normalized spacial score (nSPS) is 10.8. The molecular formula is C6H7F3O4. The van der Waals surface area contributed by atoms with Crippen LogP contribution in [0.15, 0.2) is 0 Å². The maximum atomic E-state index is 11.4. The van der Waals surface area contributed by atoms with Crippen molar-refractivity contribution >= 4 is 11.9 Å². The third kappa shape index (κ3) is 5.94. The Hall–Kier alpha value is -1.27. The molecule has 7 heteroatoms. The van der Waals surface area contributed by atoms with E-state index in [1.54, 1.807) is 0 Å². The Kier molecular flexibility index (Phi) is 4.22. The summed E-state index contributed by atoms with van der Waals surface area (Å²) in [7, 11) is 0. The number of rotatable bonds is 2. The first-order chi connectivity index (χ1) is 5.87. The SMILES string of the molecule is CCOC(=O)C(=O)OCC(F)(F)F. The minimum atomic E-state index is -4.64. The van der Waals surface area contributed by atoms with E-state index in [1.807, 2.05) is 0 Å². The van der Waals surface area contributed by atoms with Crippen molar-refractivity contribution in [2.45, 2.75) is 13.1 Å². The first kappa shape index (κ1) is 11.7. The Balaban J connectivity index is 3.82. The molecule has 0 rings (SSSR count). The average molecular weight is 200 g/mol. The molecule has 0 heterocycles. The minimum Gasteiger partial charge on any atom is -0.458 e. The molecule has 0 radical (unpaired) electrons. The summed E-state index contributed by atoms with van der Waals surface area (Å²) >= 11 is 0. The zero-order valence-electron chi connectivity index (χ0n) is 6.68. The standard InChI is InChI=1S/C6H7F3O4/c1-2-12-4(10)5(11)13-3-6(7,8)9/h2-3H2,1H3. The van der Waals surface area contributed by atoms with Crippen LogP contribution in [0.5, 0.6) is 0 Å². The van der Waals surface area contributed by atoms with E-state index in [9.17, 15) is 22.8 Å². The third-order valence-corrected chi connectivity index (χ3v) is 0.809. The summed E-state index contributed by atoms with van der Waals surface area (Å²) in [5, 5.41) is 0. The van der Waals surface area contributed by atoms with Gasteiger partial charge in [0.15, 0.2) is 6.61 Å². The van der Waals surface area contributed by atoms with Gasteiger partial charge in [-0.25, -0.2) is 9.59 Å². The topological polar surface area (TPSA) is 52.6 Å². The van der Waals surface area contributed by atoms with Crippen LogP contribution in [0.3, 0.4) is 0 Å². The van der Waals surface area contributed by atoms with E-state index in [1.165, 1.54) is 6.92 Å². The third-order valence-electron chi connectivity index (χ3n) is 0.809. The van der Waals surface area contributed by atoms with Gasteiger partial charge in [0.2, 0.25) is 0 Å². The maximum Gasteiger partial charge on any atom is 0.422 e. The summed E-state index contributed by atoms with van der Waals surface area (Å²) in [6.07, 6.45) is -4.64. The molecule has 0 fully saturated rings. The van der Waals surface area contributed by atoms with Gasteiger partial charge in [-0.3, -0.25) is 0 Å². The van der Waals surface area contributed by atoms with Crippen LogP contribution in [0.2, 0.25) is 0 Å². The second-order valence-corrected chi connectivity index (χ2v) is 1.91. The number of carbonyl (C=O) groups is 2. The van der Waals surface area contributed by atoms with Crippen LogP contribution in [-0.2, 0) is 19.1 Å². The second kappa shape index (κ2) is 4.68. The van der Waals surface area contributed by atoms with E-state index in [-0.39, 0.29) is 6.61 Å². The van der Waals surface area contributed by atoms with Gasteiger partial charge in [0.25, 0.3) is 0 Å². The van der Waals surface area contributed by atoms with Crippen molar-refractivity contribution in [2.24, 2.45) is 0 Å². The summed E-state index contributed by atoms with van der Waals surface area (Å²) in [4.78, 5) is 20.8. The predicted molar refractivity (Wildman–Crippen MR) is 33.6 cm³/mol. The van der Waals surface area contributed by atoms with Crippen molar-refractivity contribution in [3.63, 3.8) is 0 Å². The van der Waals surface area contributed by atoms with Crippen molar-refractivity contribution in [2.75, 3.05) is 13.2 Å². The fourth-order valence-electron chi connectivity index (χ4n) is 0.396. The lowest BCUT2D eigenvalue weighted by Crippen LogP contribution is -2.26. The minimum absolute atomic E-state index is 0.0973. The molecule has 0 spiro atoms. The van der Waals surface area contributed by atoms with Gasteiger partial charge in [-0.1, -0.05) is 0 Å². The molecule has 0 atom stereocenters. The zero-order valence-corrected chi connectivity index (χ0v) is 6.68. The summed E-state index contributed by atoms with van der Waals surface area (Å²) in [5.74, 6) is -3.06. The Morgan fingerprint density at radius 2 is 1.62 bits per heavy atom. The van der Waals surface area contributed by atoms with Crippen LogP contribution in [0, 0.1) is 0 Å². The lowest BCUT2D eigenvalue weighted by atomic mass is 10.6. The number of hydrogen-bond acceptors (Lipinski definition) is 4. The molecule has 76 valence electrons. The second-order valence-electron chi connectivity index (χ2n) is 1.91. The highest BCUT2D eigenvalue weighted by Gasteiger charge is 2.31. The van der Waals surface area contributed by atoms with Gasteiger partial charge in [0.05, 0.1) is 6.61 Å². The van der Waals surface area contributed by atoms with Gasteiger partial charge in [0.1, 0.15) is 0 Å². The molecule has 0 N–H and O–H groups in total. The Labute approximate surface area is 71.6 Å². The van der Waals surface area contributed by atoms with E-state index in [0.717, 1.165) is 0 Å². The van der Waals surface area contributed by atoms with Crippen LogP contribution < -0.4 is 0 Å². The van der Waals surface area contributed by atoms with Gasteiger partial charge in [0, 0.05) is 0 Å². The quantitative estimate of drug-likeness (QED) is 0.485. The summed E-state index contributed by atoms with van der Waals surface area (Å²) < 4.78 is 42.0. The highest BCUT2D eigenvalue weighted by molar-refractivity contribution is 6.29. The molecule has 0 unspecified atom stereocenters. The molecule has 0 aliphatic carbocycles. The van der Waals surface area contributed by atoms with Gasteiger partial charge in [-0.05, 0) is 6.92 Å². The first-order valence-electron chi connectivity index (χ1n) is 3.27. The molecule has 4 nitrogen and oxygen atoms in total. The molecular weight excluding hydrogens is 193 g/mol. The maximum absolute atomic E-state index is 11.4. The highest BCUT2D eigenvalue weighted by Crippen LogP contribution is 2.14. The van der Waals surface area contributed by atoms with E-state index >= 15 is 0 Å². The van der Waals surface area contributed by atoms with Crippen LogP contribution in [0.1, 0.15) is 6.92 Å². The van der Waals surface area contributed by atoms with Crippen LogP contribution in [0.4, 0.5) is 13.2 Å². The van der Waals surface area contributed by atoms with Crippen LogP contribution in [0.25, 0.3) is 0 Å². The number of carbonyl (C=O) groups excluding carboxylic acids is 2. The fraction of sp³-hybridized carbons (Fsp3) is 0.667. The Morgan fingerprint density at radius 1 is 1.15 bits per heavy atom. The van der Waals surface area contributed by atoms with Gasteiger partial charge in [-0.15, -0.1) is 0 Å². The van der Waals surface area contributed by atoms with E-state index in [4.69, 9.17) is 0 Å². The number of ether oxygens (including phenoxy) is 2. The summed E-state index contributed by atoms with van der Waals surface area (Å²) in [6, 6.07) is 0. The van der Waals surface area contributed by atoms with Crippen LogP contribution in [-0.4, -0.2) is 31.3 Å². The summed E-state index contributed by atoms with van der Waals surface area (Å²) in [6.45, 7) is -0.473. The number of halogens is 3. The Bertz CT molecular complexity index is 199. The largest absolute Gasteiger partial charge is 0.458 e. The zero-order chi connectivity index (χ0) is 10.5. The van der Waals surface area contributed by atoms with Gasteiger partial charge < -0.3 is 9.47 Å². The number of esters is 2. The molecule has 0 aliphatic rings. The smallest absolute Gasteiger partial charge is 0.422 e. The molecule has 13 heavy (non-hydrogen) atoms. The molecule has 0 amide bonds. The molecule has 0 saturated carbocycles. The lowest BCUT2D eigenvalue weighted by molar-refractivity contribution is -0.192. The molecule has 0 aromatic carbocycles. The van der Waals surface area contributed by atoms with E-state index in [0.29, 0.717) is 0 Å². The van der Waals surface area contributed by atoms with Crippen molar-refractivity contribution < 1.29 is 32.2 Å². The molecule has 0 aromatic rings. The Morgan fingerprint density at radius 3 is 2.00 bits per heavy atom. The first-order valence-corrected chi connectivity index (χ1v) is 3.27. The lowest BCUT2D eigenvalue weighted by Gasteiger charge is -2.06. The van der Waals surface area contributed by atoms with Crippen molar-refractivity contribution in [1.29, 1.82) is 0 Å². The van der Waals surface area contributed by atoms with Crippen molar-refractivity contribution in [3.8, 4) is 0 Å². The van der Waals surface area contributed by atoms with Gasteiger partial charge >= 0.3 is 18.1 Å². The fourth-order valence-corrected chi connectivity index (χ4v) is 0.396. The number of hydrogen-bond donors (Lipinski definition) is 0. The molecule has 0 bridgehead atoms. The molecule has 0 aliphatic heterocycles. The average Bonchev–Trinajstić information content (AvgIpc) is 1.99.